The summed E-state index contributed by atoms with van der Waals surface area (Å²) < 4.78 is 0. The maximum Gasteiger partial charge on any atom is 0.0465 e. The fourth-order valence-electron chi connectivity index (χ4n) is 6.08. The van der Waals surface area contributed by atoms with E-state index in [0.717, 1.165) is 6.54 Å². The number of rotatable bonds is 2. The molecule has 1 spiro atoms. The Morgan fingerprint density at radius 2 is 1.66 bits per heavy atom. The van der Waals surface area contributed by atoms with E-state index >= 15 is 0 Å². The summed E-state index contributed by atoms with van der Waals surface area (Å²) in [7, 11) is 0. The molecule has 6 rings (SSSR count). The molecule has 2 heterocycles. The fourth-order valence-corrected chi connectivity index (χ4v) is 6.08. The summed E-state index contributed by atoms with van der Waals surface area (Å²) in [6.07, 6.45) is 3.93. The quantitative estimate of drug-likeness (QED) is 0.428. The minimum absolute atomic E-state index is 0.424. The zero-order valence-electron chi connectivity index (χ0n) is 17.1. The van der Waals surface area contributed by atoms with Gasteiger partial charge in [0.15, 0.2) is 0 Å². The molecule has 146 valence electrons. The van der Waals surface area contributed by atoms with E-state index < -0.39 is 0 Å². The fraction of sp³-hybridized carbons (Fsp3) is 0.333. The van der Waals surface area contributed by atoms with Crippen LogP contribution in [-0.4, -0.2) is 23.0 Å². The Balaban J connectivity index is 1.22. The highest BCUT2D eigenvalue weighted by Crippen LogP contribution is 2.51. The third-order valence-electron chi connectivity index (χ3n) is 7.55. The zero-order valence-corrected chi connectivity index (χ0v) is 17.1. The molecule has 2 aliphatic rings. The molecule has 1 aliphatic carbocycles. The minimum Gasteiger partial charge on any atom is -0.355 e. The normalized spacial score (nSPS) is 21.2. The Kier molecular flexibility index (Phi) is 3.86. The molecule has 1 atom stereocenters. The lowest BCUT2D eigenvalue weighted by Crippen LogP contribution is -2.41. The van der Waals surface area contributed by atoms with Gasteiger partial charge in [0, 0.05) is 28.4 Å². The van der Waals surface area contributed by atoms with E-state index in [1.54, 1.807) is 11.1 Å². The van der Waals surface area contributed by atoms with Gasteiger partial charge < -0.3 is 4.98 Å². The first kappa shape index (κ1) is 17.3. The number of para-hydroxylation sites is 1. The van der Waals surface area contributed by atoms with Crippen LogP contribution >= 0.6 is 0 Å². The van der Waals surface area contributed by atoms with Gasteiger partial charge in [-0.3, -0.25) is 4.90 Å². The first-order valence-electron chi connectivity index (χ1n) is 11.0. The van der Waals surface area contributed by atoms with Crippen molar-refractivity contribution in [2.24, 2.45) is 0 Å². The van der Waals surface area contributed by atoms with E-state index in [1.165, 1.54) is 59.7 Å². The lowest BCUT2D eigenvalue weighted by molar-refractivity contribution is 0.149. The number of aromatic amines is 1. The highest BCUT2D eigenvalue weighted by Gasteiger charge is 2.43. The van der Waals surface area contributed by atoms with E-state index in [1.807, 2.05) is 0 Å². The minimum atomic E-state index is 0.424. The molecule has 0 saturated carbocycles. The standard InChI is InChI=1S/C27H28N2/c1-19-17-27(24-8-4-2-6-21(19)24)12-14-29(15-13-27)18-20-10-11-26-23(16-20)22-7-3-5-9-25(22)28-26/h2-11,16,19,28H,12-15,17-18H2,1H3. The maximum absolute atomic E-state index is 3.54. The zero-order chi connectivity index (χ0) is 19.4. The summed E-state index contributed by atoms with van der Waals surface area (Å²) in [4.78, 5) is 6.20. The van der Waals surface area contributed by atoms with Crippen molar-refractivity contribution < 1.29 is 0 Å². The Labute approximate surface area is 172 Å². The molecule has 1 aromatic heterocycles. The second-order valence-electron chi connectivity index (χ2n) is 9.30. The predicted octanol–water partition coefficient (Wildman–Crippen LogP) is 6.36. The van der Waals surface area contributed by atoms with Crippen molar-refractivity contribution in [1.29, 1.82) is 0 Å². The van der Waals surface area contributed by atoms with Gasteiger partial charge in [0.05, 0.1) is 0 Å². The van der Waals surface area contributed by atoms with Gasteiger partial charge in [-0.1, -0.05) is 55.5 Å². The number of hydrogen-bond acceptors (Lipinski definition) is 1. The van der Waals surface area contributed by atoms with Gasteiger partial charge in [-0.25, -0.2) is 0 Å². The van der Waals surface area contributed by atoms with Gasteiger partial charge in [0.2, 0.25) is 0 Å². The van der Waals surface area contributed by atoms with Crippen molar-refractivity contribution >= 4 is 21.8 Å². The van der Waals surface area contributed by atoms with E-state index in [-0.39, 0.29) is 0 Å². The molecule has 1 N–H and O–H groups in total. The summed E-state index contributed by atoms with van der Waals surface area (Å²) >= 11 is 0. The molecule has 2 heteroatoms. The Morgan fingerprint density at radius 1 is 0.897 bits per heavy atom. The van der Waals surface area contributed by atoms with Crippen LogP contribution in [0.4, 0.5) is 0 Å². The van der Waals surface area contributed by atoms with Gasteiger partial charge in [0.25, 0.3) is 0 Å². The van der Waals surface area contributed by atoms with E-state index in [9.17, 15) is 0 Å². The Morgan fingerprint density at radius 3 is 2.55 bits per heavy atom. The molecule has 0 bridgehead atoms. The monoisotopic (exact) mass is 380 g/mol. The average molecular weight is 381 g/mol. The van der Waals surface area contributed by atoms with E-state index in [4.69, 9.17) is 0 Å². The van der Waals surface area contributed by atoms with Gasteiger partial charge in [-0.05, 0) is 78.6 Å². The molecular weight excluding hydrogens is 352 g/mol. The summed E-state index contributed by atoms with van der Waals surface area (Å²) in [5, 5.41) is 2.68. The summed E-state index contributed by atoms with van der Waals surface area (Å²) in [5.74, 6) is 0.710. The van der Waals surface area contributed by atoms with Crippen LogP contribution in [0.1, 0.15) is 48.8 Å². The number of nitrogens with one attached hydrogen (secondary N) is 1. The number of likely N-dealkylation sites (tertiary alicyclic amines) is 1. The van der Waals surface area contributed by atoms with Crippen LogP contribution in [0.2, 0.25) is 0 Å². The number of nitrogens with zero attached hydrogens (tertiary/aromatic N) is 1. The van der Waals surface area contributed by atoms with Crippen molar-refractivity contribution in [3.8, 4) is 0 Å². The molecule has 2 nitrogen and oxygen atoms in total. The second kappa shape index (κ2) is 6.47. The predicted molar refractivity (Wildman–Crippen MR) is 121 cm³/mol. The van der Waals surface area contributed by atoms with Crippen LogP contribution in [0.15, 0.2) is 66.7 Å². The maximum atomic E-state index is 3.54. The van der Waals surface area contributed by atoms with Crippen LogP contribution < -0.4 is 0 Å². The van der Waals surface area contributed by atoms with Gasteiger partial charge in [0.1, 0.15) is 0 Å². The number of aromatic nitrogens is 1. The number of hydrogen-bond donors (Lipinski definition) is 1. The summed E-state index contributed by atoms with van der Waals surface area (Å²) in [6, 6.07) is 24.8. The number of H-pyrrole nitrogens is 1. The Hall–Kier alpha value is -2.58. The molecule has 4 aromatic rings. The van der Waals surface area contributed by atoms with Crippen molar-refractivity contribution in [1.82, 2.24) is 9.88 Å². The van der Waals surface area contributed by atoms with Crippen LogP contribution in [0.5, 0.6) is 0 Å². The molecule has 3 aromatic carbocycles. The molecule has 0 radical (unpaired) electrons. The van der Waals surface area contributed by atoms with Crippen LogP contribution in [0.3, 0.4) is 0 Å². The molecule has 1 fully saturated rings. The average Bonchev–Trinajstić information content (AvgIpc) is 3.26. The van der Waals surface area contributed by atoms with Crippen molar-refractivity contribution in [2.75, 3.05) is 13.1 Å². The van der Waals surface area contributed by atoms with E-state index in [0.29, 0.717) is 11.3 Å². The number of fused-ring (bicyclic) bond motifs is 5. The highest BCUT2D eigenvalue weighted by molar-refractivity contribution is 6.07. The second-order valence-corrected chi connectivity index (χ2v) is 9.30. The first-order valence-corrected chi connectivity index (χ1v) is 11.0. The third-order valence-corrected chi connectivity index (χ3v) is 7.55. The molecule has 29 heavy (non-hydrogen) atoms. The largest absolute Gasteiger partial charge is 0.355 e. The SMILES string of the molecule is CC1CC2(CCN(Cc3ccc4[nH]c5ccccc5c4c3)CC2)c2ccccc21. The number of piperidine rings is 1. The molecule has 1 saturated heterocycles. The summed E-state index contributed by atoms with van der Waals surface area (Å²) in [5.41, 5.74) is 7.57. The van der Waals surface area contributed by atoms with Crippen LogP contribution in [0.25, 0.3) is 21.8 Å². The first-order chi connectivity index (χ1) is 14.2. The summed E-state index contributed by atoms with van der Waals surface area (Å²) in [6.45, 7) is 5.87. The molecule has 1 aliphatic heterocycles. The van der Waals surface area contributed by atoms with Gasteiger partial charge >= 0.3 is 0 Å². The van der Waals surface area contributed by atoms with Crippen LogP contribution in [0, 0.1) is 0 Å². The third kappa shape index (κ3) is 2.73. The van der Waals surface area contributed by atoms with Crippen LogP contribution in [-0.2, 0) is 12.0 Å². The van der Waals surface area contributed by atoms with Crippen molar-refractivity contribution in [2.45, 2.75) is 44.1 Å². The lowest BCUT2D eigenvalue weighted by Gasteiger charge is -2.40. The lowest BCUT2D eigenvalue weighted by atomic mass is 9.73. The van der Waals surface area contributed by atoms with Gasteiger partial charge in [-0.2, -0.15) is 0 Å². The molecular formula is C27H28N2. The van der Waals surface area contributed by atoms with Crippen molar-refractivity contribution in [3.05, 3.63) is 83.4 Å². The highest BCUT2D eigenvalue weighted by atomic mass is 15.1. The molecule has 1 unspecified atom stereocenters. The van der Waals surface area contributed by atoms with Gasteiger partial charge in [-0.15, -0.1) is 0 Å². The number of benzene rings is 3. The topological polar surface area (TPSA) is 19.0 Å². The Bertz CT molecular complexity index is 1190. The molecule has 0 amide bonds. The van der Waals surface area contributed by atoms with Crippen molar-refractivity contribution in [3.63, 3.8) is 0 Å². The van der Waals surface area contributed by atoms with E-state index in [2.05, 4.69) is 83.5 Å². The smallest absolute Gasteiger partial charge is 0.0465 e.